The predicted molar refractivity (Wildman–Crippen MR) is 86.6 cm³/mol. The smallest absolute Gasteiger partial charge is 0.251 e. The number of hydrogen-bond donors (Lipinski definition) is 3. The zero-order valence-corrected chi connectivity index (χ0v) is 12.9. The minimum absolute atomic E-state index is 0.0203. The lowest BCUT2D eigenvalue weighted by Gasteiger charge is -2.09. The maximum absolute atomic E-state index is 12.2. The molecule has 23 heavy (non-hydrogen) atoms. The summed E-state index contributed by atoms with van der Waals surface area (Å²) in [4.78, 5) is 23.2. The van der Waals surface area contributed by atoms with Crippen LogP contribution in [0.2, 0.25) is 0 Å². The molecule has 0 aliphatic rings. The quantitative estimate of drug-likeness (QED) is 0.790. The molecule has 2 aromatic rings. The molecule has 120 valence electrons. The Hall–Kier alpha value is -3.02. The van der Waals surface area contributed by atoms with Gasteiger partial charge in [-0.1, -0.05) is 12.1 Å². The molecule has 2 rings (SSSR count). The minimum atomic E-state index is -0.271. The van der Waals surface area contributed by atoms with E-state index in [0.717, 1.165) is 5.56 Å². The number of amides is 2. The maximum Gasteiger partial charge on any atom is 0.251 e. The highest BCUT2D eigenvalue weighted by Crippen LogP contribution is 2.26. The number of hydrogen-bond acceptors (Lipinski definition) is 4. The van der Waals surface area contributed by atoms with Crippen LogP contribution in [0, 0.1) is 0 Å². The number of phenols is 1. The monoisotopic (exact) mass is 314 g/mol. The first-order valence-electron chi connectivity index (χ1n) is 7.01. The molecule has 0 unspecified atom stereocenters. The van der Waals surface area contributed by atoms with E-state index in [9.17, 15) is 14.7 Å². The van der Waals surface area contributed by atoms with Crippen molar-refractivity contribution in [2.75, 3.05) is 12.4 Å². The highest BCUT2D eigenvalue weighted by Gasteiger charge is 2.08. The zero-order valence-electron chi connectivity index (χ0n) is 12.9. The van der Waals surface area contributed by atoms with Gasteiger partial charge >= 0.3 is 0 Å². The molecule has 2 aromatic carbocycles. The van der Waals surface area contributed by atoms with Crippen LogP contribution in [-0.4, -0.2) is 24.0 Å². The van der Waals surface area contributed by atoms with Crippen LogP contribution >= 0.6 is 0 Å². The molecule has 0 heterocycles. The van der Waals surface area contributed by atoms with E-state index in [1.807, 2.05) is 0 Å². The zero-order chi connectivity index (χ0) is 16.8. The molecule has 3 N–H and O–H groups in total. The largest absolute Gasteiger partial charge is 0.504 e. The summed E-state index contributed by atoms with van der Waals surface area (Å²) in [5, 5.41) is 15.1. The average Bonchev–Trinajstić information content (AvgIpc) is 2.52. The summed E-state index contributed by atoms with van der Waals surface area (Å²) in [6, 6.07) is 11.6. The van der Waals surface area contributed by atoms with Crippen molar-refractivity contribution in [3.8, 4) is 11.5 Å². The third-order valence-electron chi connectivity index (χ3n) is 3.14. The van der Waals surface area contributed by atoms with E-state index in [2.05, 4.69) is 10.6 Å². The van der Waals surface area contributed by atoms with E-state index in [4.69, 9.17) is 4.74 Å². The fourth-order valence-electron chi connectivity index (χ4n) is 2.07. The van der Waals surface area contributed by atoms with Crippen molar-refractivity contribution in [1.29, 1.82) is 0 Å². The first kappa shape index (κ1) is 16.4. The third-order valence-corrected chi connectivity index (χ3v) is 3.14. The highest BCUT2D eigenvalue weighted by atomic mass is 16.5. The van der Waals surface area contributed by atoms with Gasteiger partial charge in [-0.25, -0.2) is 0 Å². The third kappa shape index (κ3) is 4.47. The van der Waals surface area contributed by atoms with Crippen LogP contribution in [0.3, 0.4) is 0 Å². The average molecular weight is 314 g/mol. The lowest BCUT2D eigenvalue weighted by atomic mass is 10.1. The Morgan fingerprint density at radius 1 is 1.17 bits per heavy atom. The van der Waals surface area contributed by atoms with E-state index in [0.29, 0.717) is 17.0 Å². The van der Waals surface area contributed by atoms with Gasteiger partial charge < -0.3 is 20.5 Å². The van der Waals surface area contributed by atoms with Crippen molar-refractivity contribution in [3.05, 3.63) is 53.6 Å². The van der Waals surface area contributed by atoms with E-state index < -0.39 is 0 Å². The molecular formula is C17H18N2O4. The Morgan fingerprint density at radius 2 is 1.96 bits per heavy atom. The Labute approximate surface area is 134 Å². The van der Waals surface area contributed by atoms with Crippen molar-refractivity contribution in [2.45, 2.75) is 13.5 Å². The summed E-state index contributed by atoms with van der Waals surface area (Å²) in [6.07, 6.45) is 0. The van der Waals surface area contributed by atoms with Crippen LogP contribution in [0.5, 0.6) is 11.5 Å². The van der Waals surface area contributed by atoms with Crippen LogP contribution in [0.1, 0.15) is 22.8 Å². The Kier molecular flexibility index (Phi) is 5.19. The summed E-state index contributed by atoms with van der Waals surface area (Å²) >= 11 is 0. The number of benzene rings is 2. The van der Waals surface area contributed by atoms with Gasteiger partial charge in [-0.2, -0.15) is 0 Å². The molecule has 0 atom stereocenters. The lowest BCUT2D eigenvalue weighted by Crippen LogP contribution is -2.23. The number of aromatic hydroxyl groups is 1. The molecule has 0 fully saturated rings. The summed E-state index contributed by atoms with van der Waals surface area (Å²) in [5.74, 6) is -0.0706. The molecule has 0 aliphatic heterocycles. The van der Waals surface area contributed by atoms with Gasteiger partial charge in [0.25, 0.3) is 5.91 Å². The van der Waals surface area contributed by atoms with Gasteiger partial charge in [0, 0.05) is 24.7 Å². The van der Waals surface area contributed by atoms with Crippen molar-refractivity contribution in [2.24, 2.45) is 0 Å². The standard InChI is InChI=1S/C17H18N2O4/c1-11(20)19-14-5-3-4-13(9-14)17(22)18-10-12-6-7-16(23-2)15(21)8-12/h3-9,21H,10H2,1-2H3,(H,18,22)(H,19,20). The van der Waals surface area contributed by atoms with Gasteiger partial charge in [0.05, 0.1) is 7.11 Å². The number of methoxy groups -OCH3 is 1. The number of ether oxygens (including phenoxy) is 1. The number of anilines is 1. The molecule has 2 amide bonds. The van der Waals surface area contributed by atoms with Crippen LogP contribution in [-0.2, 0) is 11.3 Å². The summed E-state index contributed by atoms with van der Waals surface area (Å²) in [7, 11) is 1.47. The van der Waals surface area contributed by atoms with E-state index in [-0.39, 0.29) is 24.1 Å². The van der Waals surface area contributed by atoms with Crippen molar-refractivity contribution in [1.82, 2.24) is 5.32 Å². The fourth-order valence-corrected chi connectivity index (χ4v) is 2.07. The molecule has 0 radical (unpaired) electrons. The Balaban J connectivity index is 2.02. The van der Waals surface area contributed by atoms with Crippen LogP contribution in [0.4, 0.5) is 5.69 Å². The highest BCUT2D eigenvalue weighted by molar-refractivity contribution is 5.96. The Morgan fingerprint density at radius 3 is 2.61 bits per heavy atom. The number of carbonyl (C=O) groups excluding carboxylic acids is 2. The first-order chi connectivity index (χ1) is 11.0. The maximum atomic E-state index is 12.2. The molecule has 6 nitrogen and oxygen atoms in total. The SMILES string of the molecule is COc1ccc(CNC(=O)c2cccc(NC(C)=O)c2)cc1O. The molecule has 0 saturated heterocycles. The van der Waals surface area contributed by atoms with Gasteiger partial charge in [0.1, 0.15) is 0 Å². The molecule has 0 aromatic heterocycles. The fraction of sp³-hybridized carbons (Fsp3) is 0.176. The normalized spacial score (nSPS) is 10.0. The molecule has 0 bridgehead atoms. The van der Waals surface area contributed by atoms with Crippen molar-refractivity contribution >= 4 is 17.5 Å². The van der Waals surface area contributed by atoms with Crippen molar-refractivity contribution < 1.29 is 19.4 Å². The first-order valence-corrected chi connectivity index (χ1v) is 7.01. The summed E-state index contributed by atoms with van der Waals surface area (Å²) < 4.78 is 4.97. The summed E-state index contributed by atoms with van der Waals surface area (Å²) in [5.41, 5.74) is 1.75. The topological polar surface area (TPSA) is 87.7 Å². The van der Waals surface area contributed by atoms with E-state index >= 15 is 0 Å². The predicted octanol–water partition coefficient (Wildman–Crippen LogP) is 2.29. The van der Waals surface area contributed by atoms with Crippen LogP contribution in [0.15, 0.2) is 42.5 Å². The number of nitrogens with one attached hydrogen (secondary N) is 2. The van der Waals surface area contributed by atoms with E-state index in [1.54, 1.807) is 36.4 Å². The second-order valence-electron chi connectivity index (χ2n) is 4.95. The van der Waals surface area contributed by atoms with E-state index in [1.165, 1.54) is 20.1 Å². The van der Waals surface area contributed by atoms with Gasteiger partial charge in [-0.3, -0.25) is 9.59 Å². The summed E-state index contributed by atoms with van der Waals surface area (Å²) in [6.45, 7) is 1.67. The second kappa shape index (κ2) is 7.31. The van der Waals surface area contributed by atoms with Crippen LogP contribution in [0.25, 0.3) is 0 Å². The molecule has 0 saturated carbocycles. The van der Waals surface area contributed by atoms with Gasteiger partial charge in [0.15, 0.2) is 11.5 Å². The van der Waals surface area contributed by atoms with Gasteiger partial charge in [-0.05, 0) is 35.9 Å². The number of carbonyl (C=O) groups is 2. The number of rotatable bonds is 5. The molecule has 6 heteroatoms. The van der Waals surface area contributed by atoms with Crippen LogP contribution < -0.4 is 15.4 Å². The number of phenolic OH excluding ortho intramolecular Hbond substituents is 1. The second-order valence-corrected chi connectivity index (χ2v) is 4.95. The Bertz CT molecular complexity index is 728. The van der Waals surface area contributed by atoms with Gasteiger partial charge in [0.2, 0.25) is 5.91 Å². The molecule has 0 aliphatic carbocycles. The van der Waals surface area contributed by atoms with Gasteiger partial charge in [-0.15, -0.1) is 0 Å². The van der Waals surface area contributed by atoms with Crippen molar-refractivity contribution in [3.63, 3.8) is 0 Å². The molecular weight excluding hydrogens is 296 g/mol. The lowest BCUT2D eigenvalue weighted by molar-refractivity contribution is -0.114. The minimum Gasteiger partial charge on any atom is -0.504 e. The molecule has 0 spiro atoms.